The number of ether oxygens (including phenoxy) is 1. The highest BCUT2D eigenvalue weighted by Gasteiger charge is 2.18. The Morgan fingerprint density at radius 2 is 1.69 bits per heavy atom. The van der Waals surface area contributed by atoms with E-state index in [0.717, 1.165) is 16.5 Å². The van der Waals surface area contributed by atoms with Gasteiger partial charge in [0.1, 0.15) is 5.75 Å². The van der Waals surface area contributed by atoms with Crippen molar-refractivity contribution in [3.05, 3.63) is 92.6 Å². The number of ketones is 1. The Morgan fingerprint density at radius 3 is 2.44 bits per heavy atom. The third kappa shape index (κ3) is 4.91. The van der Waals surface area contributed by atoms with E-state index in [0.29, 0.717) is 20.8 Å². The van der Waals surface area contributed by atoms with Crippen molar-refractivity contribution >= 4 is 63.1 Å². The van der Waals surface area contributed by atoms with Gasteiger partial charge in [-0.15, -0.1) is 0 Å². The molecule has 0 aliphatic rings. The number of H-pyrrole nitrogens is 1. The second kappa shape index (κ2) is 9.25. The molecule has 0 bridgehead atoms. The average Bonchev–Trinajstić information content (AvgIpc) is 3.19. The molecule has 32 heavy (non-hydrogen) atoms. The molecule has 0 unspecified atom stereocenters. The van der Waals surface area contributed by atoms with E-state index < -0.39 is 0 Å². The van der Waals surface area contributed by atoms with Gasteiger partial charge in [0, 0.05) is 38.0 Å². The maximum absolute atomic E-state index is 13.0. The van der Waals surface area contributed by atoms with Crippen molar-refractivity contribution in [3.8, 4) is 5.75 Å². The van der Waals surface area contributed by atoms with Gasteiger partial charge in [-0.2, -0.15) is 0 Å². The molecule has 4 rings (SSSR count). The minimum absolute atomic E-state index is 0.201. The monoisotopic (exact) mass is 486 g/mol. The number of carbonyl (C=O) groups excluding carboxylic acids is 2. The van der Waals surface area contributed by atoms with Gasteiger partial charge in [-0.05, 0) is 72.5 Å². The van der Waals surface area contributed by atoms with Crippen molar-refractivity contribution in [1.82, 2.24) is 4.98 Å². The lowest BCUT2D eigenvalue weighted by Crippen LogP contribution is -2.21. The summed E-state index contributed by atoms with van der Waals surface area (Å²) in [5.74, 6) is -0.513. The third-order valence-electron chi connectivity index (χ3n) is 4.84. The second-order valence-electron chi connectivity index (χ2n) is 7.20. The lowest BCUT2D eigenvalue weighted by Gasteiger charge is -2.13. The Balaban J connectivity index is 1.52. The van der Waals surface area contributed by atoms with Crippen LogP contribution in [0.1, 0.15) is 21.5 Å². The summed E-state index contributed by atoms with van der Waals surface area (Å²) < 4.78 is 5.68. The fourth-order valence-corrected chi connectivity index (χ4v) is 4.02. The van der Waals surface area contributed by atoms with E-state index in [1.807, 2.05) is 31.3 Å². The van der Waals surface area contributed by atoms with Crippen LogP contribution in [0.5, 0.6) is 5.75 Å². The molecule has 1 heterocycles. The number of hydrogen-bond acceptors (Lipinski definition) is 3. The van der Waals surface area contributed by atoms with Crippen LogP contribution in [0.4, 0.5) is 5.69 Å². The zero-order chi connectivity index (χ0) is 22.8. The van der Waals surface area contributed by atoms with Gasteiger partial charge in [-0.25, -0.2) is 0 Å². The van der Waals surface area contributed by atoms with Gasteiger partial charge in [0.2, 0.25) is 0 Å². The first kappa shape index (κ1) is 22.2. The first-order valence-corrected chi connectivity index (χ1v) is 10.7. The largest absolute Gasteiger partial charge is 0.483 e. The summed E-state index contributed by atoms with van der Waals surface area (Å²) in [6.07, 6.45) is 1.84. The number of amides is 1. The van der Waals surface area contributed by atoms with Crippen LogP contribution in [-0.2, 0) is 4.79 Å². The van der Waals surface area contributed by atoms with Crippen molar-refractivity contribution in [2.24, 2.45) is 0 Å². The molecule has 0 fully saturated rings. The molecule has 0 aliphatic heterocycles. The molecule has 8 heteroatoms. The van der Waals surface area contributed by atoms with Crippen LogP contribution < -0.4 is 10.1 Å². The number of aromatic nitrogens is 1. The third-order valence-corrected chi connectivity index (χ3v) is 5.51. The standard InChI is InChI=1S/C24H17Cl3N2O3/c1-13-6-14-4-5-28-21(14)11-20(13)29-23(30)12-32-22-3-2-16(25)10-19(22)24(31)15-7-17(26)9-18(27)8-15/h2-11,28H,12H2,1H3,(H,29,30). The van der Waals surface area contributed by atoms with Gasteiger partial charge in [0.05, 0.1) is 5.56 Å². The van der Waals surface area contributed by atoms with Crippen LogP contribution in [0.3, 0.4) is 0 Å². The molecule has 0 spiro atoms. The number of rotatable bonds is 6. The summed E-state index contributed by atoms with van der Waals surface area (Å²) in [6.45, 7) is 1.62. The van der Waals surface area contributed by atoms with Crippen LogP contribution in [-0.4, -0.2) is 23.3 Å². The van der Waals surface area contributed by atoms with Crippen LogP contribution in [0.15, 0.2) is 60.8 Å². The molecule has 0 saturated carbocycles. The van der Waals surface area contributed by atoms with Gasteiger partial charge in [0.15, 0.2) is 12.4 Å². The van der Waals surface area contributed by atoms with E-state index in [1.54, 1.807) is 12.1 Å². The summed E-state index contributed by atoms with van der Waals surface area (Å²) in [5.41, 5.74) is 3.00. The van der Waals surface area contributed by atoms with Crippen LogP contribution >= 0.6 is 34.8 Å². The number of hydrogen-bond donors (Lipinski definition) is 2. The molecule has 0 atom stereocenters. The molecular weight excluding hydrogens is 471 g/mol. The van der Waals surface area contributed by atoms with E-state index in [2.05, 4.69) is 10.3 Å². The fraction of sp³-hybridized carbons (Fsp3) is 0.0833. The SMILES string of the molecule is Cc1cc2cc[nH]c2cc1NC(=O)COc1ccc(Cl)cc1C(=O)c1cc(Cl)cc(Cl)c1. The number of aromatic amines is 1. The van der Waals surface area contributed by atoms with E-state index in [1.165, 1.54) is 24.3 Å². The average molecular weight is 488 g/mol. The number of benzene rings is 3. The van der Waals surface area contributed by atoms with Crippen LogP contribution in [0.2, 0.25) is 15.1 Å². The summed E-state index contributed by atoms with van der Waals surface area (Å²) in [4.78, 5) is 28.7. The van der Waals surface area contributed by atoms with Gasteiger partial charge < -0.3 is 15.0 Å². The predicted molar refractivity (Wildman–Crippen MR) is 129 cm³/mol. The number of aryl methyl sites for hydroxylation is 1. The summed E-state index contributed by atoms with van der Waals surface area (Å²) in [7, 11) is 0. The zero-order valence-corrected chi connectivity index (χ0v) is 19.1. The van der Waals surface area contributed by atoms with Crippen molar-refractivity contribution in [1.29, 1.82) is 0 Å². The zero-order valence-electron chi connectivity index (χ0n) is 16.8. The Hall–Kier alpha value is -2.99. The van der Waals surface area contributed by atoms with Gasteiger partial charge >= 0.3 is 0 Å². The molecule has 162 valence electrons. The lowest BCUT2D eigenvalue weighted by molar-refractivity contribution is -0.118. The normalized spacial score (nSPS) is 10.9. The first-order valence-electron chi connectivity index (χ1n) is 9.61. The molecule has 1 amide bonds. The molecule has 4 aromatic rings. The Labute approximate surface area is 199 Å². The number of halogens is 3. The summed E-state index contributed by atoms with van der Waals surface area (Å²) in [5, 5.41) is 4.92. The molecule has 2 N–H and O–H groups in total. The highest BCUT2D eigenvalue weighted by atomic mass is 35.5. The first-order chi connectivity index (χ1) is 15.3. The molecule has 5 nitrogen and oxygen atoms in total. The molecular formula is C24H17Cl3N2O3. The van der Waals surface area contributed by atoms with Gasteiger partial charge in [-0.3, -0.25) is 9.59 Å². The highest BCUT2D eigenvalue weighted by molar-refractivity contribution is 6.35. The Kier molecular flexibility index (Phi) is 6.42. The van der Waals surface area contributed by atoms with Crippen LogP contribution in [0.25, 0.3) is 10.9 Å². The maximum atomic E-state index is 13.0. The molecule has 0 aliphatic carbocycles. The summed E-state index contributed by atoms with van der Waals surface area (Å²) in [6, 6.07) is 15.0. The number of anilines is 1. The number of carbonyl (C=O) groups is 2. The molecule has 0 radical (unpaired) electrons. The van der Waals surface area contributed by atoms with Crippen molar-refractivity contribution in [2.45, 2.75) is 6.92 Å². The smallest absolute Gasteiger partial charge is 0.262 e. The van der Waals surface area contributed by atoms with Crippen molar-refractivity contribution in [2.75, 3.05) is 11.9 Å². The lowest BCUT2D eigenvalue weighted by atomic mass is 10.0. The number of nitrogens with one attached hydrogen (secondary N) is 2. The fourth-order valence-electron chi connectivity index (χ4n) is 3.32. The minimum atomic E-state index is -0.375. The quantitative estimate of drug-likeness (QED) is 0.298. The van der Waals surface area contributed by atoms with Crippen molar-refractivity contribution in [3.63, 3.8) is 0 Å². The molecule has 1 aromatic heterocycles. The topological polar surface area (TPSA) is 71.2 Å². The number of fused-ring (bicyclic) bond motifs is 1. The van der Waals surface area contributed by atoms with E-state index in [9.17, 15) is 9.59 Å². The highest BCUT2D eigenvalue weighted by Crippen LogP contribution is 2.28. The Morgan fingerprint density at radius 1 is 0.938 bits per heavy atom. The van der Waals surface area contributed by atoms with Gasteiger partial charge in [-0.1, -0.05) is 34.8 Å². The predicted octanol–water partition coefficient (Wildman–Crippen LogP) is 6.69. The Bertz CT molecular complexity index is 1330. The van der Waals surface area contributed by atoms with Crippen LogP contribution in [0, 0.1) is 6.92 Å². The van der Waals surface area contributed by atoms with E-state index in [-0.39, 0.29) is 35.2 Å². The van der Waals surface area contributed by atoms with E-state index in [4.69, 9.17) is 39.5 Å². The summed E-state index contributed by atoms with van der Waals surface area (Å²) >= 11 is 18.1. The maximum Gasteiger partial charge on any atom is 0.262 e. The molecule has 3 aromatic carbocycles. The van der Waals surface area contributed by atoms with Crippen molar-refractivity contribution < 1.29 is 14.3 Å². The van der Waals surface area contributed by atoms with Gasteiger partial charge in [0.25, 0.3) is 5.91 Å². The molecule has 0 saturated heterocycles. The minimum Gasteiger partial charge on any atom is -0.483 e. The second-order valence-corrected chi connectivity index (χ2v) is 8.51. The van der Waals surface area contributed by atoms with E-state index >= 15 is 0 Å².